The highest BCUT2D eigenvalue weighted by Crippen LogP contribution is 2.30. The van der Waals surface area contributed by atoms with Crippen molar-refractivity contribution in [2.24, 2.45) is 0 Å². The summed E-state index contributed by atoms with van der Waals surface area (Å²) in [5.74, 6) is -1.03. The van der Waals surface area contributed by atoms with E-state index in [4.69, 9.17) is 5.11 Å². The van der Waals surface area contributed by atoms with Crippen LogP contribution in [0.3, 0.4) is 0 Å². The van der Waals surface area contributed by atoms with Gasteiger partial charge >= 0.3 is 5.97 Å². The zero-order chi connectivity index (χ0) is 18.5. The number of hydrogen-bond acceptors (Lipinski definition) is 2. The minimum atomic E-state index is -1.03. The summed E-state index contributed by atoms with van der Waals surface area (Å²) in [5, 5.41) is 11.0. The Bertz CT molecular complexity index is 1040. The van der Waals surface area contributed by atoms with E-state index in [1.54, 1.807) is 12.1 Å². The maximum Gasteiger partial charge on any atom is 0.328 e. The number of hydrogen-bond donors (Lipinski definition) is 1. The van der Waals surface area contributed by atoms with Crippen molar-refractivity contribution in [2.75, 3.05) is 0 Å². The van der Waals surface area contributed by atoms with Gasteiger partial charge in [0, 0.05) is 17.2 Å². The number of fused-ring (bicyclic) bond motifs is 1. The molecule has 0 radical (unpaired) electrons. The fraction of sp³-hybridized carbons (Fsp3) is 0.0435. The number of aldehydes is 1. The molecule has 0 bridgehead atoms. The molecule has 3 rings (SSSR count). The molecule has 0 spiro atoms. The largest absolute Gasteiger partial charge is 0.478 e. The Morgan fingerprint density at radius 1 is 0.962 bits per heavy atom. The van der Waals surface area contributed by atoms with Gasteiger partial charge in [-0.2, -0.15) is 0 Å². The topological polar surface area (TPSA) is 54.4 Å². The molecular formula is C23H18O3. The number of carbonyl (C=O) groups is 2. The molecule has 0 saturated carbocycles. The second-order valence-corrected chi connectivity index (χ2v) is 6.05. The Hall–Kier alpha value is -3.46. The zero-order valence-corrected chi connectivity index (χ0v) is 14.3. The average molecular weight is 342 g/mol. The standard InChI is InChI=1S/C23H18O3/c1-16-5-4-6-17(13-16)14-19(11-12-22(25)26)23-20(15-24)10-9-18-7-2-3-8-21(18)23/h2-15H,1H3,(H,25,26)/b12-11+,19-14-. The maximum absolute atomic E-state index is 11.7. The number of rotatable bonds is 5. The number of carboxylic acid groups (broad SMARTS) is 1. The molecule has 0 aliphatic heterocycles. The smallest absolute Gasteiger partial charge is 0.328 e. The van der Waals surface area contributed by atoms with E-state index in [0.717, 1.165) is 39.8 Å². The van der Waals surface area contributed by atoms with Gasteiger partial charge in [0.05, 0.1) is 0 Å². The molecule has 3 heteroatoms. The average Bonchev–Trinajstić information content (AvgIpc) is 2.64. The van der Waals surface area contributed by atoms with Crippen molar-refractivity contribution in [1.82, 2.24) is 0 Å². The van der Waals surface area contributed by atoms with Crippen LogP contribution in [0, 0.1) is 6.92 Å². The van der Waals surface area contributed by atoms with Crippen molar-refractivity contribution in [1.29, 1.82) is 0 Å². The number of aryl methyl sites for hydroxylation is 1. The molecule has 0 heterocycles. The van der Waals surface area contributed by atoms with Gasteiger partial charge in [0.25, 0.3) is 0 Å². The van der Waals surface area contributed by atoms with E-state index in [-0.39, 0.29) is 0 Å². The lowest BCUT2D eigenvalue weighted by Gasteiger charge is -2.11. The van der Waals surface area contributed by atoms with Crippen LogP contribution >= 0.6 is 0 Å². The van der Waals surface area contributed by atoms with E-state index in [0.29, 0.717) is 11.1 Å². The molecule has 0 saturated heterocycles. The predicted molar refractivity (Wildman–Crippen MR) is 105 cm³/mol. The third-order valence-electron chi connectivity index (χ3n) is 4.15. The minimum absolute atomic E-state index is 0.526. The molecule has 3 aromatic carbocycles. The van der Waals surface area contributed by atoms with E-state index in [2.05, 4.69) is 0 Å². The van der Waals surface area contributed by atoms with E-state index < -0.39 is 5.97 Å². The Balaban J connectivity index is 2.30. The summed E-state index contributed by atoms with van der Waals surface area (Å²) in [6.45, 7) is 2.00. The van der Waals surface area contributed by atoms with Gasteiger partial charge in [-0.3, -0.25) is 4.79 Å². The minimum Gasteiger partial charge on any atom is -0.478 e. The second-order valence-electron chi connectivity index (χ2n) is 6.05. The molecule has 26 heavy (non-hydrogen) atoms. The van der Waals surface area contributed by atoms with Crippen LogP contribution < -0.4 is 0 Å². The van der Waals surface area contributed by atoms with Crippen LogP contribution in [-0.4, -0.2) is 17.4 Å². The van der Waals surface area contributed by atoms with Crippen molar-refractivity contribution in [3.05, 3.63) is 95.1 Å². The summed E-state index contributed by atoms with van der Waals surface area (Å²) in [6.07, 6.45) is 5.35. The quantitative estimate of drug-likeness (QED) is 0.302. The first-order chi connectivity index (χ1) is 12.6. The molecule has 3 aromatic rings. The Morgan fingerprint density at radius 2 is 1.77 bits per heavy atom. The highest BCUT2D eigenvalue weighted by atomic mass is 16.4. The lowest BCUT2D eigenvalue weighted by Crippen LogP contribution is -1.95. The first-order valence-electron chi connectivity index (χ1n) is 8.25. The van der Waals surface area contributed by atoms with Crippen molar-refractivity contribution >= 4 is 34.7 Å². The molecule has 3 nitrogen and oxygen atoms in total. The van der Waals surface area contributed by atoms with Gasteiger partial charge in [0.15, 0.2) is 6.29 Å². The summed E-state index contributed by atoms with van der Waals surface area (Å²) in [6, 6.07) is 19.3. The van der Waals surface area contributed by atoms with Gasteiger partial charge in [0.1, 0.15) is 0 Å². The first-order valence-corrected chi connectivity index (χ1v) is 8.25. The fourth-order valence-corrected chi connectivity index (χ4v) is 3.01. The van der Waals surface area contributed by atoms with Crippen molar-refractivity contribution in [2.45, 2.75) is 6.92 Å². The van der Waals surface area contributed by atoms with Gasteiger partial charge in [-0.05, 0) is 41.0 Å². The Morgan fingerprint density at radius 3 is 2.50 bits per heavy atom. The van der Waals surface area contributed by atoms with Crippen molar-refractivity contribution in [3.8, 4) is 0 Å². The van der Waals surface area contributed by atoms with E-state index in [1.807, 2.05) is 67.6 Å². The monoisotopic (exact) mass is 342 g/mol. The van der Waals surface area contributed by atoms with Gasteiger partial charge in [0.2, 0.25) is 0 Å². The summed E-state index contributed by atoms with van der Waals surface area (Å²) in [4.78, 5) is 22.7. The van der Waals surface area contributed by atoms with E-state index in [1.165, 1.54) is 0 Å². The molecule has 0 unspecified atom stereocenters. The molecule has 1 N–H and O–H groups in total. The third kappa shape index (κ3) is 3.78. The normalized spacial score (nSPS) is 11.8. The molecular weight excluding hydrogens is 324 g/mol. The highest BCUT2D eigenvalue weighted by Gasteiger charge is 2.11. The third-order valence-corrected chi connectivity index (χ3v) is 4.15. The van der Waals surface area contributed by atoms with Crippen LogP contribution in [0.15, 0.2) is 72.8 Å². The lowest BCUT2D eigenvalue weighted by molar-refractivity contribution is -0.131. The zero-order valence-electron chi connectivity index (χ0n) is 14.3. The summed E-state index contributed by atoms with van der Waals surface area (Å²) in [7, 11) is 0. The number of allylic oxidation sites excluding steroid dienone is 2. The Kier molecular flexibility index (Phi) is 5.09. The molecule has 0 atom stereocenters. The van der Waals surface area contributed by atoms with Gasteiger partial charge in [-0.25, -0.2) is 4.79 Å². The molecule has 0 aliphatic carbocycles. The Labute approximate surface area is 151 Å². The number of aliphatic carboxylic acids is 1. The maximum atomic E-state index is 11.7. The van der Waals surface area contributed by atoms with E-state index in [9.17, 15) is 9.59 Å². The fourth-order valence-electron chi connectivity index (χ4n) is 3.01. The number of benzene rings is 3. The second kappa shape index (κ2) is 7.62. The summed E-state index contributed by atoms with van der Waals surface area (Å²) < 4.78 is 0. The lowest BCUT2D eigenvalue weighted by atomic mass is 9.92. The van der Waals surface area contributed by atoms with Gasteiger partial charge < -0.3 is 5.11 Å². The molecule has 0 aromatic heterocycles. The highest BCUT2D eigenvalue weighted by molar-refractivity contribution is 6.07. The first kappa shape index (κ1) is 17.4. The van der Waals surface area contributed by atoms with Crippen LogP contribution in [0.25, 0.3) is 22.4 Å². The number of carboxylic acids is 1. The predicted octanol–water partition coefficient (Wildman–Crippen LogP) is 5.14. The van der Waals surface area contributed by atoms with Gasteiger partial charge in [-0.15, -0.1) is 0 Å². The molecule has 128 valence electrons. The number of carbonyl (C=O) groups excluding carboxylic acids is 1. The van der Waals surface area contributed by atoms with E-state index >= 15 is 0 Å². The van der Waals surface area contributed by atoms with Crippen molar-refractivity contribution in [3.63, 3.8) is 0 Å². The van der Waals surface area contributed by atoms with Crippen LogP contribution in [0.4, 0.5) is 0 Å². The van der Waals surface area contributed by atoms with Crippen molar-refractivity contribution < 1.29 is 14.7 Å². The SMILES string of the molecule is Cc1cccc(/C=C(/C=C/C(=O)O)c2c(C=O)ccc3ccccc23)c1. The summed E-state index contributed by atoms with van der Waals surface area (Å²) in [5.41, 5.74) is 3.99. The molecule has 0 amide bonds. The summed E-state index contributed by atoms with van der Waals surface area (Å²) >= 11 is 0. The van der Waals surface area contributed by atoms with Gasteiger partial charge in [-0.1, -0.05) is 66.2 Å². The molecule has 0 aliphatic rings. The molecule has 0 fully saturated rings. The van der Waals surface area contributed by atoms with Crippen LogP contribution in [0.2, 0.25) is 0 Å². The van der Waals surface area contributed by atoms with Crippen LogP contribution in [-0.2, 0) is 4.79 Å². The van der Waals surface area contributed by atoms with Crippen LogP contribution in [0.1, 0.15) is 27.0 Å². The van der Waals surface area contributed by atoms with Crippen LogP contribution in [0.5, 0.6) is 0 Å².